The molecular formula is C15H18N4O4S. The van der Waals surface area contributed by atoms with Gasteiger partial charge in [-0.2, -0.15) is 13.5 Å². The van der Waals surface area contributed by atoms with Crippen LogP contribution in [-0.4, -0.2) is 28.4 Å². The first-order valence-corrected chi connectivity index (χ1v) is 8.79. The monoisotopic (exact) mass is 350 g/mol. The number of benzene rings is 1. The van der Waals surface area contributed by atoms with E-state index < -0.39 is 16.1 Å². The van der Waals surface area contributed by atoms with Crippen LogP contribution in [0, 0.1) is 5.92 Å². The summed E-state index contributed by atoms with van der Waals surface area (Å²) in [6.07, 6.45) is 4.54. The molecule has 24 heavy (non-hydrogen) atoms. The van der Waals surface area contributed by atoms with Gasteiger partial charge in [-0.05, 0) is 23.6 Å². The fourth-order valence-electron chi connectivity index (χ4n) is 2.45. The van der Waals surface area contributed by atoms with Crippen molar-refractivity contribution in [2.24, 2.45) is 5.92 Å². The zero-order chi connectivity index (χ0) is 17.5. The lowest BCUT2D eigenvalue weighted by Gasteiger charge is -2.16. The summed E-state index contributed by atoms with van der Waals surface area (Å²) >= 11 is 0. The molecule has 3 N–H and O–H groups in total. The van der Waals surface area contributed by atoms with Crippen molar-refractivity contribution in [1.29, 1.82) is 0 Å². The molecule has 0 saturated carbocycles. The van der Waals surface area contributed by atoms with E-state index in [9.17, 15) is 18.6 Å². The quantitative estimate of drug-likeness (QED) is 0.781. The van der Waals surface area contributed by atoms with Gasteiger partial charge >= 0.3 is 10.2 Å². The molecular weight excluding hydrogens is 332 g/mol. The van der Waals surface area contributed by atoms with E-state index in [1.165, 1.54) is 12.1 Å². The fraction of sp³-hybridized carbons (Fsp3) is 0.267. The molecule has 1 aliphatic rings. The summed E-state index contributed by atoms with van der Waals surface area (Å²) in [5.74, 6) is -0.281. The first-order valence-electron chi connectivity index (χ1n) is 7.35. The zero-order valence-corrected chi connectivity index (χ0v) is 14.0. The molecule has 0 unspecified atom stereocenters. The van der Waals surface area contributed by atoms with Gasteiger partial charge in [-0.1, -0.05) is 19.9 Å². The summed E-state index contributed by atoms with van der Waals surface area (Å²) in [7, 11) is -3.96. The SMILES string of the molecule is CC(C)Cn1cc(-c2ccc(O)c(N3C=C(O)NS3(=O)=O)c2)cn1. The number of aliphatic hydroxyl groups excluding tert-OH is 1. The van der Waals surface area contributed by atoms with Gasteiger partial charge in [0, 0.05) is 18.3 Å². The molecule has 1 aromatic heterocycles. The van der Waals surface area contributed by atoms with E-state index in [1.807, 2.05) is 15.6 Å². The van der Waals surface area contributed by atoms with Gasteiger partial charge in [0.15, 0.2) is 0 Å². The summed E-state index contributed by atoms with van der Waals surface area (Å²) in [5, 5.41) is 23.7. The number of hydrogen-bond donors (Lipinski definition) is 3. The Morgan fingerprint density at radius 1 is 1.25 bits per heavy atom. The van der Waals surface area contributed by atoms with Crippen molar-refractivity contribution in [3.05, 3.63) is 42.7 Å². The van der Waals surface area contributed by atoms with Crippen molar-refractivity contribution in [1.82, 2.24) is 14.5 Å². The van der Waals surface area contributed by atoms with E-state index in [4.69, 9.17) is 0 Å². The van der Waals surface area contributed by atoms with Crippen LogP contribution in [0.3, 0.4) is 0 Å². The molecule has 0 saturated heterocycles. The van der Waals surface area contributed by atoms with E-state index >= 15 is 0 Å². The summed E-state index contributed by atoms with van der Waals surface area (Å²) < 4.78 is 28.5. The van der Waals surface area contributed by atoms with Crippen molar-refractivity contribution in [3.8, 4) is 16.9 Å². The first-order chi connectivity index (χ1) is 11.3. The van der Waals surface area contributed by atoms with Crippen molar-refractivity contribution in [2.45, 2.75) is 20.4 Å². The third-order valence-electron chi connectivity index (χ3n) is 3.46. The maximum absolute atomic E-state index is 12.0. The summed E-state index contributed by atoms with van der Waals surface area (Å²) in [6, 6.07) is 4.61. The minimum absolute atomic E-state index is 0.0423. The highest BCUT2D eigenvalue weighted by atomic mass is 32.2. The number of aliphatic hydroxyl groups is 1. The van der Waals surface area contributed by atoms with Crippen LogP contribution in [0.1, 0.15) is 13.8 Å². The van der Waals surface area contributed by atoms with Crippen molar-refractivity contribution >= 4 is 15.9 Å². The average Bonchev–Trinajstić information content (AvgIpc) is 3.02. The maximum Gasteiger partial charge on any atom is 0.330 e. The number of aromatic hydroxyl groups is 1. The number of phenolic OH excluding ortho intramolecular Hbond substituents is 1. The van der Waals surface area contributed by atoms with Crippen LogP contribution in [0.25, 0.3) is 11.1 Å². The highest BCUT2D eigenvalue weighted by molar-refractivity contribution is 7.91. The Labute approximate surface area is 139 Å². The molecule has 0 amide bonds. The predicted molar refractivity (Wildman–Crippen MR) is 89.4 cm³/mol. The molecule has 0 aliphatic carbocycles. The van der Waals surface area contributed by atoms with Crippen molar-refractivity contribution in [2.75, 3.05) is 4.31 Å². The first kappa shape index (κ1) is 16.2. The lowest BCUT2D eigenvalue weighted by Crippen LogP contribution is -2.29. The topological polar surface area (TPSA) is 108 Å². The second-order valence-corrected chi connectivity index (χ2v) is 7.51. The molecule has 0 spiro atoms. The molecule has 1 aromatic carbocycles. The number of rotatable bonds is 4. The second kappa shape index (κ2) is 5.75. The van der Waals surface area contributed by atoms with Crippen LogP contribution in [0.5, 0.6) is 5.75 Å². The van der Waals surface area contributed by atoms with E-state index in [1.54, 1.807) is 12.3 Å². The number of hydrogen-bond acceptors (Lipinski definition) is 5. The van der Waals surface area contributed by atoms with Crippen LogP contribution < -0.4 is 9.03 Å². The van der Waals surface area contributed by atoms with Gasteiger partial charge in [0.2, 0.25) is 5.88 Å². The lowest BCUT2D eigenvalue weighted by molar-refractivity contribution is 0.392. The molecule has 0 radical (unpaired) electrons. The third-order valence-corrected chi connectivity index (χ3v) is 4.75. The van der Waals surface area contributed by atoms with Crippen LogP contribution in [0.4, 0.5) is 5.69 Å². The Morgan fingerprint density at radius 3 is 2.62 bits per heavy atom. The van der Waals surface area contributed by atoms with Gasteiger partial charge in [0.05, 0.1) is 12.4 Å². The number of phenols is 1. The fourth-order valence-corrected chi connectivity index (χ4v) is 3.51. The lowest BCUT2D eigenvalue weighted by atomic mass is 10.1. The van der Waals surface area contributed by atoms with Gasteiger partial charge in [0.1, 0.15) is 11.4 Å². The molecule has 9 heteroatoms. The summed E-state index contributed by atoms with van der Waals surface area (Å²) in [4.78, 5) is 0. The van der Waals surface area contributed by atoms with Gasteiger partial charge in [0.25, 0.3) is 0 Å². The van der Waals surface area contributed by atoms with E-state index in [-0.39, 0.29) is 11.4 Å². The van der Waals surface area contributed by atoms with Crippen molar-refractivity contribution in [3.63, 3.8) is 0 Å². The Balaban J connectivity index is 1.99. The van der Waals surface area contributed by atoms with Crippen LogP contribution >= 0.6 is 0 Å². The van der Waals surface area contributed by atoms with Gasteiger partial charge in [-0.25, -0.2) is 9.03 Å². The number of nitrogens with zero attached hydrogens (tertiary/aromatic N) is 3. The Kier molecular flexibility index (Phi) is 3.88. The molecule has 1 aliphatic heterocycles. The van der Waals surface area contributed by atoms with E-state index in [0.717, 1.165) is 22.6 Å². The predicted octanol–water partition coefficient (Wildman–Crippen LogP) is 1.92. The summed E-state index contributed by atoms with van der Waals surface area (Å²) in [5.41, 5.74) is 1.54. The molecule has 0 bridgehead atoms. The minimum Gasteiger partial charge on any atom is -0.506 e. The number of anilines is 1. The highest BCUT2D eigenvalue weighted by Crippen LogP contribution is 2.35. The Morgan fingerprint density at radius 2 is 2.00 bits per heavy atom. The third kappa shape index (κ3) is 3.02. The van der Waals surface area contributed by atoms with Crippen molar-refractivity contribution < 1.29 is 18.6 Å². The summed E-state index contributed by atoms with van der Waals surface area (Å²) in [6.45, 7) is 4.94. The van der Waals surface area contributed by atoms with Crippen LogP contribution in [-0.2, 0) is 16.8 Å². The second-order valence-electron chi connectivity index (χ2n) is 5.97. The molecule has 2 heterocycles. The molecule has 3 rings (SSSR count). The minimum atomic E-state index is -3.96. The normalized spacial score (nSPS) is 16.3. The van der Waals surface area contributed by atoms with Gasteiger partial charge in [-0.3, -0.25) is 4.68 Å². The van der Waals surface area contributed by atoms with E-state index in [2.05, 4.69) is 18.9 Å². The average molecular weight is 350 g/mol. The molecule has 0 fully saturated rings. The zero-order valence-electron chi connectivity index (χ0n) is 13.2. The van der Waals surface area contributed by atoms with Crippen LogP contribution in [0.15, 0.2) is 42.7 Å². The van der Waals surface area contributed by atoms with Gasteiger partial charge < -0.3 is 10.2 Å². The molecule has 2 aromatic rings. The molecule has 0 atom stereocenters. The largest absolute Gasteiger partial charge is 0.506 e. The van der Waals surface area contributed by atoms with Crippen LogP contribution in [0.2, 0.25) is 0 Å². The number of nitrogens with one attached hydrogen (secondary N) is 1. The maximum atomic E-state index is 12.0. The van der Waals surface area contributed by atoms with Gasteiger partial charge in [-0.15, -0.1) is 0 Å². The van der Waals surface area contributed by atoms with E-state index in [0.29, 0.717) is 11.5 Å². The highest BCUT2D eigenvalue weighted by Gasteiger charge is 2.30. The molecule has 128 valence electrons. The number of aromatic nitrogens is 2. The standard InChI is InChI=1S/C15H18N4O4S/c1-10(2)7-18-8-12(6-16-18)11-3-4-14(20)13(5-11)19-9-15(21)17-24(19,22)23/h3-6,8-10,17,20-21H,7H2,1-2H3. The Bertz CT molecular complexity index is 902. The molecule has 8 nitrogen and oxygen atoms in total. The smallest absolute Gasteiger partial charge is 0.330 e. The Hall–Kier alpha value is -2.68.